The molecule has 0 saturated heterocycles. The number of carbonyl (C=O) groups excluding carboxylic acids is 1. The van der Waals surface area contributed by atoms with Crippen molar-refractivity contribution in [2.45, 2.75) is 0 Å². The highest BCUT2D eigenvalue weighted by Gasteiger charge is 2.20. The van der Waals surface area contributed by atoms with E-state index in [1.54, 1.807) is 5.38 Å². The Morgan fingerprint density at radius 3 is 2.60 bits per heavy atom. The Bertz CT molecular complexity index is 621. The van der Waals surface area contributed by atoms with Crippen molar-refractivity contribution in [2.24, 2.45) is 0 Å². The molecule has 20 heavy (non-hydrogen) atoms. The molecule has 5 nitrogen and oxygen atoms in total. The number of rotatable bonds is 5. The van der Waals surface area contributed by atoms with Gasteiger partial charge in [0.05, 0.1) is 0 Å². The first-order valence-corrected chi connectivity index (χ1v) is 6.70. The highest BCUT2D eigenvalue weighted by Crippen LogP contribution is 2.35. The molecule has 0 aliphatic heterocycles. The van der Waals surface area contributed by atoms with Gasteiger partial charge in [0, 0.05) is 18.1 Å². The predicted octanol–water partition coefficient (Wildman–Crippen LogP) is 2.70. The van der Waals surface area contributed by atoms with Gasteiger partial charge in [-0.15, -0.1) is 11.3 Å². The van der Waals surface area contributed by atoms with Crippen LogP contribution in [-0.4, -0.2) is 30.7 Å². The zero-order valence-corrected chi connectivity index (χ0v) is 11.6. The van der Waals surface area contributed by atoms with E-state index in [2.05, 4.69) is 5.32 Å². The molecule has 0 aliphatic carbocycles. The van der Waals surface area contributed by atoms with Gasteiger partial charge in [0.15, 0.2) is 0 Å². The molecule has 6 heteroatoms. The number of anilines is 1. The van der Waals surface area contributed by atoms with Crippen LogP contribution in [0.25, 0.3) is 11.1 Å². The molecule has 1 heterocycles. The number of hydrogen-bond acceptors (Lipinski definition) is 4. The van der Waals surface area contributed by atoms with Crippen molar-refractivity contribution in [2.75, 3.05) is 19.0 Å². The van der Waals surface area contributed by atoms with E-state index in [1.165, 1.54) is 18.4 Å². The summed E-state index contributed by atoms with van der Waals surface area (Å²) in [5, 5.41) is 14.0. The van der Waals surface area contributed by atoms with Gasteiger partial charge in [-0.2, -0.15) is 0 Å². The average molecular weight is 291 g/mol. The fraction of sp³-hybridized carbons (Fsp3) is 0.143. The van der Waals surface area contributed by atoms with E-state index in [4.69, 9.17) is 4.74 Å². The number of carboxylic acids is 1. The Hall–Kier alpha value is -2.18. The van der Waals surface area contributed by atoms with Crippen molar-refractivity contribution < 1.29 is 19.4 Å². The highest BCUT2D eigenvalue weighted by atomic mass is 32.1. The van der Waals surface area contributed by atoms with Crippen molar-refractivity contribution in [3.8, 4) is 11.1 Å². The van der Waals surface area contributed by atoms with Gasteiger partial charge in [0.1, 0.15) is 17.2 Å². The number of methoxy groups -OCH3 is 1. The number of carboxylic acid groups (broad SMARTS) is 1. The normalized spacial score (nSPS) is 10.2. The lowest BCUT2D eigenvalue weighted by atomic mass is 10.0. The van der Waals surface area contributed by atoms with Crippen LogP contribution >= 0.6 is 11.3 Å². The monoisotopic (exact) mass is 291 g/mol. The maximum Gasteiger partial charge on any atom is 0.339 e. The summed E-state index contributed by atoms with van der Waals surface area (Å²) in [6.45, 7) is -0.113. The molecule has 2 rings (SSSR count). The van der Waals surface area contributed by atoms with Crippen LogP contribution in [0.1, 0.15) is 10.4 Å². The summed E-state index contributed by atoms with van der Waals surface area (Å²) < 4.78 is 4.71. The number of thiophene rings is 1. The number of aromatic carboxylic acids is 1. The third-order valence-electron chi connectivity index (χ3n) is 2.62. The third-order valence-corrected chi connectivity index (χ3v) is 3.51. The molecule has 2 aromatic rings. The van der Waals surface area contributed by atoms with Crippen LogP contribution in [-0.2, 0) is 9.53 Å². The molecule has 0 spiro atoms. The van der Waals surface area contributed by atoms with E-state index in [0.717, 1.165) is 5.56 Å². The average Bonchev–Trinajstić information content (AvgIpc) is 2.83. The molecule has 0 unspecified atom stereocenters. The van der Waals surface area contributed by atoms with E-state index >= 15 is 0 Å². The van der Waals surface area contributed by atoms with Crippen molar-refractivity contribution in [3.05, 3.63) is 41.3 Å². The van der Waals surface area contributed by atoms with Gasteiger partial charge >= 0.3 is 5.97 Å². The summed E-state index contributed by atoms with van der Waals surface area (Å²) in [6.07, 6.45) is 0. The second-order valence-corrected chi connectivity index (χ2v) is 4.89. The zero-order valence-electron chi connectivity index (χ0n) is 10.8. The van der Waals surface area contributed by atoms with Crippen molar-refractivity contribution >= 4 is 28.2 Å². The summed E-state index contributed by atoms with van der Waals surface area (Å²) in [5.41, 5.74) is 1.50. The number of amides is 1. The highest BCUT2D eigenvalue weighted by molar-refractivity contribution is 7.15. The van der Waals surface area contributed by atoms with Crippen LogP contribution in [0.5, 0.6) is 0 Å². The van der Waals surface area contributed by atoms with Gasteiger partial charge in [-0.05, 0) is 5.56 Å². The van der Waals surface area contributed by atoms with E-state index in [1.807, 2.05) is 30.3 Å². The van der Waals surface area contributed by atoms with Crippen molar-refractivity contribution in [3.63, 3.8) is 0 Å². The maximum atomic E-state index is 11.5. The molecule has 104 valence electrons. The largest absolute Gasteiger partial charge is 0.478 e. The topological polar surface area (TPSA) is 75.6 Å². The zero-order chi connectivity index (χ0) is 14.5. The lowest BCUT2D eigenvalue weighted by molar-refractivity contribution is -0.119. The number of nitrogens with one attached hydrogen (secondary N) is 1. The molecule has 1 aromatic heterocycles. The van der Waals surface area contributed by atoms with Gasteiger partial charge in [-0.3, -0.25) is 4.79 Å². The molecule has 0 radical (unpaired) electrons. The molecule has 0 atom stereocenters. The Kier molecular flexibility index (Phi) is 4.49. The standard InChI is InChI=1S/C14H13NO4S/c1-19-7-11(16)15-13-12(14(17)18)10(8-20-13)9-5-3-2-4-6-9/h2-6,8H,7H2,1H3,(H,15,16)(H,17,18). The summed E-state index contributed by atoms with van der Waals surface area (Å²) in [5.74, 6) is -1.45. The molecule has 0 saturated carbocycles. The number of ether oxygens (including phenoxy) is 1. The van der Waals surface area contributed by atoms with E-state index < -0.39 is 5.97 Å². The molecular weight excluding hydrogens is 278 g/mol. The van der Waals surface area contributed by atoms with Gasteiger partial charge in [-0.25, -0.2) is 4.79 Å². The first kappa shape index (κ1) is 14.2. The van der Waals surface area contributed by atoms with Crippen LogP contribution in [0.15, 0.2) is 35.7 Å². The Balaban J connectivity index is 2.38. The summed E-state index contributed by atoms with van der Waals surface area (Å²) >= 11 is 1.19. The minimum Gasteiger partial charge on any atom is -0.478 e. The Morgan fingerprint density at radius 1 is 1.30 bits per heavy atom. The minimum atomic E-state index is -1.07. The maximum absolute atomic E-state index is 11.5. The van der Waals surface area contributed by atoms with Crippen molar-refractivity contribution in [1.29, 1.82) is 0 Å². The molecule has 1 aromatic carbocycles. The molecule has 1 amide bonds. The van der Waals surface area contributed by atoms with E-state index in [-0.39, 0.29) is 18.1 Å². The first-order chi connectivity index (χ1) is 9.63. The lowest BCUT2D eigenvalue weighted by Gasteiger charge is -2.05. The Morgan fingerprint density at radius 2 is 2.00 bits per heavy atom. The third kappa shape index (κ3) is 3.04. The summed E-state index contributed by atoms with van der Waals surface area (Å²) in [7, 11) is 1.40. The second-order valence-electron chi connectivity index (χ2n) is 4.01. The fourth-order valence-electron chi connectivity index (χ4n) is 1.79. The summed E-state index contributed by atoms with van der Waals surface area (Å²) in [6, 6.07) is 9.19. The lowest BCUT2D eigenvalue weighted by Crippen LogP contribution is -2.18. The predicted molar refractivity (Wildman–Crippen MR) is 77.2 cm³/mol. The van der Waals surface area contributed by atoms with Gasteiger partial charge in [0.25, 0.3) is 5.91 Å². The molecule has 2 N–H and O–H groups in total. The number of carbonyl (C=O) groups is 2. The van der Waals surface area contributed by atoms with Crippen LogP contribution in [0.3, 0.4) is 0 Å². The van der Waals surface area contributed by atoms with E-state index in [9.17, 15) is 14.7 Å². The van der Waals surface area contributed by atoms with Crippen LogP contribution in [0.2, 0.25) is 0 Å². The molecule has 0 bridgehead atoms. The molecule has 0 fully saturated rings. The van der Waals surface area contributed by atoms with Gasteiger partial charge in [0.2, 0.25) is 0 Å². The number of benzene rings is 1. The SMILES string of the molecule is COCC(=O)Nc1scc(-c2ccccc2)c1C(=O)O. The van der Waals surface area contributed by atoms with Gasteiger partial charge in [-0.1, -0.05) is 30.3 Å². The van der Waals surface area contributed by atoms with Crippen LogP contribution in [0, 0.1) is 0 Å². The second kappa shape index (κ2) is 6.31. The smallest absolute Gasteiger partial charge is 0.339 e. The molecule has 0 aliphatic rings. The first-order valence-electron chi connectivity index (χ1n) is 5.82. The van der Waals surface area contributed by atoms with Gasteiger partial charge < -0.3 is 15.2 Å². The van der Waals surface area contributed by atoms with Crippen LogP contribution in [0.4, 0.5) is 5.00 Å². The number of hydrogen-bond donors (Lipinski definition) is 2. The van der Waals surface area contributed by atoms with Crippen LogP contribution < -0.4 is 5.32 Å². The fourth-order valence-corrected chi connectivity index (χ4v) is 2.76. The molecular formula is C14H13NO4S. The summed E-state index contributed by atoms with van der Waals surface area (Å²) in [4.78, 5) is 23.0. The Labute approximate surface area is 119 Å². The minimum absolute atomic E-state index is 0.102. The van der Waals surface area contributed by atoms with Crippen molar-refractivity contribution in [1.82, 2.24) is 0 Å². The van der Waals surface area contributed by atoms with E-state index in [0.29, 0.717) is 10.6 Å². The quantitative estimate of drug-likeness (QED) is 0.888.